The van der Waals surface area contributed by atoms with Gasteiger partial charge in [-0.3, -0.25) is 9.59 Å². The highest BCUT2D eigenvalue weighted by Gasteiger charge is 2.23. The number of aliphatic imine (C=N–C) groups is 1. The van der Waals surface area contributed by atoms with E-state index in [-0.39, 0.29) is 17.7 Å². The molecule has 2 aromatic rings. The monoisotopic (exact) mass is 403 g/mol. The summed E-state index contributed by atoms with van der Waals surface area (Å²) in [5.74, 6) is 1.38. The van der Waals surface area contributed by atoms with Gasteiger partial charge in [-0.05, 0) is 38.5 Å². The summed E-state index contributed by atoms with van der Waals surface area (Å²) < 4.78 is 6.01. The van der Waals surface area contributed by atoms with Gasteiger partial charge in [0, 0.05) is 42.6 Å². The Morgan fingerprint density at radius 2 is 2.13 bits per heavy atom. The number of hydrogen-bond acceptors (Lipinski definition) is 5. The Morgan fingerprint density at radius 3 is 2.93 bits per heavy atom. The van der Waals surface area contributed by atoms with E-state index in [0.717, 1.165) is 22.3 Å². The summed E-state index contributed by atoms with van der Waals surface area (Å²) >= 11 is 0. The molecular formula is C24H25N3O3. The lowest BCUT2D eigenvalue weighted by atomic mass is 10.0. The van der Waals surface area contributed by atoms with E-state index >= 15 is 0 Å². The summed E-state index contributed by atoms with van der Waals surface area (Å²) in [6, 6.07) is 7.66. The van der Waals surface area contributed by atoms with Crippen molar-refractivity contribution in [3.8, 4) is 0 Å². The van der Waals surface area contributed by atoms with E-state index in [2.05, 4.69) is 10.3 Å². The van der Waals surface area contributed by atoms with E-state index < -0.39 is 0 Å². The molecule has 30 heavy (non-hydrogen) atoms. The van der Waals surface area contributed by atoms with Crippen LogP contribution in [0.2, 0.25) is 0 Å². The standard InChI is InChI=1S/C24H25N3O3/c1-15-18-8-4-5-10-21(18)30-23(15)16(2)27(3)22(29)12-11-17-7-6-9-19-20(28)13-14-25-24(19)26-17/h4-8,10-12,16,25H,9,13-14H2,1-3H3/b12-11+. The zero-order valence-electron chi connectivity index (χ0n) is 17.4. The fourth-order valence-electron chi connectivity index (χ4n) is 3.79. The summed E-state index contributed by atoms with van der Waals surface area (Å²) in [5, 5.41) is 4.24. The van der Waals surface area contributed by atoms with Crippen LogP contribution in [0.5, 0.6) is 0 Å². The summed E-state index contributed by atoms with van der Waals surface area (Å²) in [7, 11) is 1.76. The number of Topliss-reactive ketones (excluding diaryl/α,β-unsaturated/α-hetero) is 1. The van der Waals surface area contributed by atoms with E-state index in [1.54, 1.807) is 18.0 Å². The highest BCUT2D eigenvalue weighted by atomic mass is 16.3. The Kier molecular flexibility index (Phi) is 5.40. The van der Waals surface area contributed by atoms with E-state index in [1.807, 2.05) is 50.3 Å². The number of rotatable bonds is 4. The van der Waals surface area contributed by atoms with Gasteiger partial charge in [0.2, 0.25) is 5.91 Å². The number of nitrogens with zero attached hydrogens (tertiary/aromatic N) is 2. The minimum atomic E-state index is -0.215. The lowest BCUT2D eigenvalue weighted by Gasteiger charge is -2.22. The number of amides is 1. The van der Waals surface area contributed by atoms with Crippen LogP contribution in [0.3, 0.4) is 0 Å². The SMILES string of the molecule is Cc1c(C(C)N(C)C(=O)/C=C/C2=NC3=C(CC=C2)C(=O)CCN3)oc2ccccc12. The third kappa shape index (κ3) is 3.73. The maximum Gasteiger partial charge on any atom is 0.246 e. The topological polar surface area (TPSA) is 74.9 Å². The summed E-state index contributed by atoms with van der Waals surface area (Å²) in [5.41, 5.74) is 3.21. The van der Waals surface area contributed by atoms with E-state index in [4.69, 9.17) is 4.42 Å². The van der Waals surface area contributed by atoms with Gasteiger partial charge in [-0.15, -0.1) is 0 Å². The molecule has 0 fully saturated rings. The van der Waals surface area contributed by atoms with E-state index in [9.17, 15) is 9.59 Å². The normalized spacial score (nSPS) is 17.6. The van der Waals surface area contributed by atoms with Crippen molar-refractivity contribution < 1.29 is 14.0 Å². The molecule has 0 saturated carbocycles. The average Bonchev–Trinajstić information content (AvgIpc) is 2.94. The van der Waals surface area contributed by atoms with Crippen molar-refractivity contribution >= 4 is 28.4 Å². The number of para-hydroxylation sites is 1. The first-order valence-corrected chi connectivity index (χ1v) is 10.1. The maximum absolute atomic E-state index is 12.8. The molecule has 0 bridgehead atoms. The van der Waals surface area contributed by atoms with Crippen molar-refractivity contribution in [1.82, 2.24) is 10.2 Å². The smallest absolute Gasteiger partial charge is 0.246 e. The molecule has 154 valence electrons. The number of carbonyl (C=O) groups is 2. The minimum absolute atomic E-state index is 0.133. The number of fused-ring (bicyclic) bond motifs is 1. The van der Waals surface area contributed by atoms with Crippen molar-refractivity contribution in [2.24, 2.45) is 4.99 Å². The Labute approximate surface area is 175 Å². The lowest BCUT2D eigenvalue weighted by molar-refractivity contribution is -0.126. The molecule has 1 unspecified atom stereocenters. The zero-order chi connectivity index (χ0) is 21.3. The number of carbonyl (C=O) groups excluding carboxylic acids is 2. The van der Waals surface area contributed by atoms with Crippen molar-refractivity contribution in [3.63, 3.8) is 0 Å². The Hall–Kier alpha value is -3.41. The van der Waals surface area contributed by atoms with Crippen molar-refractivity contribution in [2.75, 3.05) is 13.6 Å². The van der Waals surface area contributed by atoms with Crippen LogP contribution >= 0.6 is 0 Å². The minimum Gasteiger partial charge on any atom is -0.459 e. The highest BCUT2D eigenvalue weighted by Crippen LogP contribution is 2.31. The van der Waals surface area contributed by atoms with Gasteiger partial charge in [0.05, 0.1) is 11.8 Å². The molecule has 1 N–H and O–H groups in total. The third-order valence-corrected chi connectivity index (χ3v) is 5.70. The predicted molar refractivity (Wildman–Crippen MR) is 117 cm³/mol. The van der Waals surface area contributed by atoms with Crippen molar-refractivity contribution in [2.45, 2.75) is 32.7 Å². The zero-order valence-corrected chi connectivity index (χ0v) is 17.4. The second-order valence-corrected chi connectivity index (χ2v) is 7.62. The fourth-order valence-corrected chi connectivity index (χ4v) is 3.79. The first-order valence-electron chi connectivity index (χ1n) is 10.1. The molecule has 0 spiro atoms. The van der Waals surface area contributed by atoms with Crippen LogP contribution in [0.15, 0.2) is 69.4 Å². The number of likely N-dealkylation sites (N-methyl/N-ethyl adjacent to an activating group) is 1. The molecule has 6 heteroatoms. The number of ketones is 1. The molecule has 3 heterocycles. The number of allylic oxidation sites excluding steroid dienone is 4. The second-order valence-electron chi connectivity index (χ2n) is 7.62. The van der Waals surface area contributed by atoms with Gasteiger partial charge in [-0.25, -0.2) is 4.99 Å². The Morgan fingerprint density at radius 1 is 1.33 bits per heavy atom. The first kappa shape index (κ1) is 19.9. The summed E-state index contributed by atoms with van der Waals surface area (Å²) in [4.78, 5) is 31.0. The largest absolute Gasteiger partial charge is 0.459 e. The van der Waals surface area contributed by atoms with Crippen LogP contribution in [0.4, 0.5) is 0 Å². The van der Waals surface area contributed by atoms with Crippen molar-refractivity contribution in [3.05, 3.63) is 71.3 Å². The van der Waals surface area contributed by atoms with E-state index in [0.29, 0.717) is 36.5 Å². The van der Waals surface area contributed by atoms with Gasteiger partial charge in [-0.2, -0.15) is 0 Å². The molecule has 1 aromatic carbocycles. The predicted octanol–water partition coefficient (Wildman–Crippen LogP) is 3.99. The second kappa shape index (κ2) is 8.14. The van der Waals surface area contributed by atoms with Crippen LogP contribution < -0.4 is 5.32 Å². The molecular weight excluding hydrogens is 378 g/mol. The number of benzene rings is 1. The van der Waals surface area contributed by atoms with E-state index in [1.165, 1.54) is 6.08 Å². The number of furan rings is 1. The van der Waals surface area contributed by atoms with Crippen LogP contribution in [0, 0.1) is 6.92 Å². The Balaban J connectivity index is 1.52. The molecule has 0 radical (unpaired) electrons. The molecule has 0 saturated heterocycles. The van der Waals surface area contributed by atoms with Gasteiger partial charge < -0.3 is 14.6 Å². The number of nitrogens with one attached hydrogen (secondary N) is 1. The molecule has 0 aliphatic carbocycles. The average molecular weight is 403 g/mol. The molecule has 4 rings (SSSR count). The molecule has 1 aromatic heterocycles. The lowest BCUT2D eigenvalue weighted by Crippen LogP contribution is -2.28. The van der Waals surface area contributed by atoms with Crippen LogP contribution in [-0.4, -0.2) is 35.9 Å². The van der Waals surface area contributed by atoms with Gasteiger partial charge >= 0.3 is 0 Å². The fraction of sp³-hybridized carbons (Fsp3) is 0.292. The first-order chi connectivity index (χ1) is 14.5. The summed E-state index contributed by atoms with van der Waals surface area (Å²) in [6.07, 6.45) is 7.99. The van der Waals surface area contributed by atoms with Gasteiger partial charge in [-0.1, -0.05) is 24.3 Å². The molecule has 1 amide bonds. The number of hydrogen-bond donors (Lipinski definition) is 1. The van der Waals surface area contributed by atoms with Gasteiger partial charge in [0.25, 0.3) is 0 Å². The molecule has 6 nitrogen and oxygen atoms in total. The van der Waals surface area contributed by atoms with Crippen LogP contribution in [-0.2, 0) is 9.59 Å². The maximum atomic E-state index is 12.8. The van der Waals surface area contributed by atoms with Crippen molar-refractivity contribution in [1.29, 1.82) is 0 Å². The summed E-state index contributed by atoms with van der Waals surface area (Å²) in [6.45, 7) is 4.56. The van der Waals surface area contributed by atoms with Gasteiger partial charge in [0.15, 0.2) is 5.78 Å². The highest BCUT2D eigenvalue weighted by molar-refractivity contribution is 6.09. The van der Waals surface area contributed by atoms with Crippen LogP contribution in [0.1, 0.15) is 37.1 Å². The van der Waals surface area contributed by atoms with Gasteiger partial charge in [0.1, 0.15) is 17.2 Å². The Bertz CT molecular complexity index is 1130. The number of aryl methyl sites for hydroxylation is 1. The molecule has 2 aliphatic rings. The third-order valence-electron chi connectivity index (χ3n) is 5.70. The van der Waals surface area contributed by atoms with Crippen LogP contribution in [0.25, 0.3) is 11.0 Å². The quantitative estimate of drug-likeness (QED) is 0.784. The molecule has 1 atom stereocenters. The molecule has 2 aliphatic heterocycles.